The van der Waals surface area contributed by atoms with Gasteiger partial charge in [0.1, 0.15) is 16.3 Å². The van der Waals surface area contributed by atoms with Crippen molar-refractivity contribution in [1.82, 2.24) is 19.9 Å². The van der Waals surface area contributed by atoms with Crippen LogP contribution in [-0.4, -0.2) is 26.5 Å². The average Bonchev–Trinajstić information content (AvgIpc) is 3.14. The molecular formula is C22H21N5S. The smallest absolute Gasteiger partial charge is 0.183 e. The van der Waals surface area contributed by atoms with E-state index in [-0.39, 0.29) is 0 Å². The van der Waals surface area contributed by atoms with Crippen molar-refractivity contribution in [3.8, 4) is 11.5 Å². The Labute approximate surface area is 167 Å². The number of aryl methyl sites for hydroxylation is 2. The number of aromatic nitrogens is 4. The summed E-state index contributed by atoms with van der Waals surface area (Å²) in [7, 11) is 0. The Morgan fingerprint density at radius 2 is 1.89 bits per heavy atom. The third-order valence-corrected chi connectivity index (χ3v) is 6.34. The Morgan fingerprint density at radius 1 is 1.00 bits per heavy atom. The van der Waals surface area contributed by atoms with Gasteiger partial charge in [-0.3, -0.25) is 4.98 Å². The van der Waals surface area contributed by atoms with Crippen LogP contribution in [0.1, 0.15) is 28.8 Å². The zero-order valence-corrected chi connectivity index (χ0v) is 16.4. The van der Waals surface area contributed by atoms with E-state index in [1.54, 1.807) is 18.6 Å². The summed E-state index contributed by atoms with van der Waals surface area (Å²) < 4.78 is 0. The first kappa shape index (κ1) is 17.3. The van der Waals surface area contributed by atoms with Crippen molar-refractivity contribution >= 4 is 27.4 Å². The van der Waals surface area contributed by atoms with Crippen LogP contribution in [0.4, 0.5) is 5.82 Å². The van der Waals surface area contributed by atoms with Gasteiger partial charge in [-0.2, -0.15) is 0 Å². The molecule has 0 amide bonds. The van der Waals surface area contributed by atoms with Gasteiger partial charge in [0, 0.05) is 23.8 Å². The summed E-state index contributed by atoms with van der Waals surface area (Å²) in [4.78, 5) is 20.8. The molecule has 0 atom stereocenters. The highest BCUT2D eigenvalue weighted by Crippen LogP contribution is 2.39. The Balaban J connectivity index is 1.53. The quantitative estimate of drug-likeness (QED) is 0.539. The number of fused-ring (bicyclic) bond motifs is 3. The summed E-state index contributed by atoms with van der Waals surface area (Å²) in [6.07, 6.45) is 10.8. The standard InChI is InChI=1S/C22H21N5S/c1-2-6-15(7-3-1)10-11-25-21-19-16-8-4-5-9-18(16)28-22(19)27-20(26-21)17-14-23-12-13-24-17/h1-3,6-7,12-14H,4-5,8-11H2,(H,25,26,27). The average molecular weight is 388 g/mol. The SMILES string of the molecule is c1ccc(CCNc2nc(-c3cnccn3)nc3sc4c(c23)CCCC4)cc1. The van der Waals surface area contributed by atoms with E-state index >= 15 is 0 Å². The predicted octanol–water partition coefficient (Wildman–Crippen LogP) is 4.68. The highest BCUT2D eigenvalue weighted by molar-refractivity contribution is 7.19. The second-order valence-electron chi connectivity index (χ2n) is 7.04. The van der Waals surface area contributed by atoms with Gasteiger partial charge in [0.25, 0.3) is 0 Å². The molecule has 1 aromatic carbocycles. The number of thiophene rings is 1. The molecule has 0 radical (unpaired) electrons. The minimum atomic E-state index is 0.640. The maximum Gasteiger partial charge on any atom is 0.183 e. The predicted molar refractivity (Wildman–Crippen MR) is 114 cm³/mol. The molecule has 5 rings (SSSR count). The molecule has 0 unspecified atom stereocenters. The van der Waals surface area contributed by atoms with Gasteiger partial charge in [0.15, 0.2) is 5.82 Å². The molecule has 0 saturated carbocycles. The van der Waals surface area contributed by atoms with E-state index in [0.717, 1.165) is 36.5 Å². The fourth-order valence-corrected chi connectivity index (χ4v) is 5.05. The lowest BCUT2D eigenvalue weighted by Crippen LogP contribution is -2.09. The largest absolute Gasteiger partial charge is 0.369 e. The monoisotopic (exact) mass is 387 g/mol. The normalized spacial score (nSPS) is 13.4. The number of hydrogen-bond donors (Lipinski definition) is 1. The summed E-state index contributed by atoms with van der Waals surface area (Å²) in [5.41, 5.74) is 3.47. The van der Waals surface area contributed by atoms with Gasteiger partial charge in [-0.1, -0.05) is 30.3 Å². The lowest BCUT2D eigenvalue weighted by atomic mass is 9.97. The molecule has 6 heteroatoms. The van der Waals surface area contributed by atoms with Crippen molar-refractivity contribution < 1.29 is 0 Å². The molecule has 140 valence electrons. The topological polar surface area (TPSA) is 63.6 Å². The van der Waals surface area contributed by atoms with Crippen LogP contribution >= 0.6 is 11.3 Å². The summed E-state index contributed by atoms with van der Waals surface area (Å²) in [6, 6.07) is 10.5. The van der Waals surface area contributed by atoms with Crippen LogP contribution in [0.25, 0.3) is 21.7 Å². The van der Waals surface area contributed by atoms with E-state index < -0.39 is 0 Å². The van der Waals surface area contributed by atoms with Crippen LogP contribution in [0.3, 0.4) is 0 Å². The summed E-state index contributed by atoms with van der Waals surface area (Å²) in [5, 5.41) is 4.80. The van der Waals surface area contributed by atoms with E-state index in [4.69, 9.17) is 9.97 Å². The van der Waals surface area contributed by atoms with Gasteiger partial charge in [-0.05, 0) is 43.2 Å². The van der Waals surface area contributed by atoms with Crippen LogP contribution in [0, 0.1) is 0 Å². The Bertz CT molecular complexity index is 1090. The van der Waals surface area contributed by atoms with Crippen molar-refractivity contribution in [2.24, 2.45) is 0 Å². The Morgan fingerprint density at radius 3 is 2.75 bits per heavy atom. The Kier molecular flexibility index (Phi) is 4.71. The second kappa shape index (κ2) is 7.64. The molecule has 4 aromatic rings. The molecule has 5 nitrogen and oxygen atoms in total. The molecule has 3 aromatic heterocycles. The third-order valence-electron chi connectivity index (χ3n) is 5.16. The molecular weight excluding hydrogens is 366 g/mol. The van der Waals surface area contributed by atoms with Crippen LogP contribution in [-0.2, 0) is 19.3 Å². The molecule has 0 fully saturated rings. The number of rotatable bonds is 5. The van der Waals surface area contributed by atoms with E-state index in [0.29, 0.717) is 11.5 Å². The second-order valence-corrected chi connectivity index (χ2v) is 8.12. The van der Waals surface area contributed by atoms with E-state index in [1.807, 2.05) is 11.3 Å². The van der Waals surface area contributed by atoms with Crippen molar-refractivity contribution in [3.63, 3.8) is 0 Å². The number of benzene rings is 1. The lowest BCUT2D eigenvalue weighted by molar-refractivity contribution is 0.700. The molecule has 28 heavy (non-hydrogen) atoms. The first-order chi connectivity index (χ1) is 13.9. The summed E-state index contributed by atoms with van der Waals surface area (Å²) in [6.45, 7) is 0.834. The van der Waals surface area contributed by atoms with E-state index in [9.17, 15) is 0 Å². The maximum absolute atomic E-state index is 4.86. The first-order valence-corrected chi connectivity index (χ1v) is 10.6. The van der Waals surface area contributed by atoms with Crippen molar-refractivity contribution in [3.05, 3.63) is 64.9 Å². The fourth-order valence-electron chi connectivity index (χ4n) is 3.78. The molecule has 3 heterocycles. The number of anilines is 1. The Hall–Kier alpha value is -2.86. The van der Waals surface area contributed by atoms with Crippen molar-refractivity contribution in [2.45, 2.75) is 32.1 Å². The van der Waals surface area contributed by atoms with E-state index in [2.05, 4.69) is 45.6 Å². The van der Waals surface area contributed by atoms with Crippen LogP contribution in [0.5, 0.6) is 0 Å². The summed E-state index contributed by atoms with van der Waals surface area (Å²) in [5.74, 6) is 1.57. The number of nitrogens with one attached hydrogen (secondary N) is 1. The van der Waals surface area contributed by atoms with Gasteiger partial charge in [-0.15, -0.1) is 11.3 Å². The fraction of sp³-hybridized carbons (Fsp3) is 0.273. The first-order valence-electron chi connectivity index (χ1n) is 9.75. The van der Waals surface area contributed by atoms with Gasteiger partial charge in [-0.25, -0.2) is 15.0 Å². The lowest BCUT2D eigenvalue weighted by Gasteiger charge is -2.13. The van der Waals surface area contributed by atoms with Gasteiger partial charge >= 0.3 is 0 Å². The summed E-state index contributed by atoms with van der Waals surface area (Å²) >= 11 is 1.81. The number of hydrogen-bond acceptors (Lipinski definition) is 6. The molecule has 1 aliphatic carbocycles. The number of nitrogens with zero attached hydrogens (tertiary/aromatic N) is 4. The highest BCUT2D eigenvalue weighted by atomic mass is 32.1. The molecule has 0 saturated heterocycles. The minimum absolute atomic E-state index is 0.640. The molecule has 1 N–H and O–H groups in total. The van der Waals surface area contributed by atoms with Crippen molar-refractivity contribution in [1.29, 1.82) is 0 Å². The van der Waals surface area contributed by atoms with Crippen molar-refractivity contribution in [2.75, 3.05) is 11.9 Å². The van der Waals surface area contributed by atoms with Gasteiger partial charge in [0.2, 0.25) is 0 Å². The third kappa shape index (κ3) is 3.36. The molecule has 0 bridgehead atoms. The molecule has 0 aliphatic heterocycles. The molecule has 0 spiro atoms. The zero-order valence-electron chi connectivity index (χ0n) is 15.6. The van der Waals surface area contributed by atoms with Crippen LogP contribution in [0.15, 0.2) is 48.9 Å². The highest BCUT2D eigenvalue weighted by Gasteiger charge is 2.21. The van der Waals surface area contributed by atoms with Crippen LogP contribution < -0.4 is 5.32 Å². The van der Waals surface area contributed by atoms with Crippen LogP contribution in [0.2, 0.25) is 0 Å². The van der Waals surface area contributed by atoms with Gasteiger partial charge < -0.3 is 5.32 Å². The molecule has 1 aliphatic rings. The van der Waals surface area contributed by atoms with E-state index in [1.165, 1.54) is 34.2 Å². The van der Waals surface area contributed by atoms with Gasteiger partial charge in [0.05, 0.1) is 11.6 Å². The minimum Gasteiger partial charge on any atom is -0.369 e. The maximum atomic E-state index is 4.86. The zero-order chi connectivity index (χ0) is 18.8.